The van der Waals surface area contributed by atoms with Gasteiger partial charge in [0.15, 0.2) is 18.0 Å². The molecular weight excluding hydrogens is 472 g/mol. The lowest BCUT2D eigenvalue weighted by molar-refractivity contribution is -0.191. The molecule has 9 atom stereocenters. The lowest BCUT2D eigenvalue weighted by Crippen LogP contribution is -2.69. The van der Waals surface area contributed by atoms with Crippen LogP contribution in [0.5, 0.6) is 0 Å². The molecule has 5 aliphatic rings. The summed E-state index contributed by atoms with van der Waals surface area (Å²) in [5.41, 5.74) is -2.13. The molecule has 4 fully saturated rings. The van der Waals surface area contributed by atoms with E-state index in [0.717, 1.165) is 5.57 Å². The largest absolute Gasteiger partial charge is 0.457 e. The first kappa shape index (κ1) is 24.7. The number of Topliss-reactive ketones (excluding diaryl/α,β-unsaturated/α-hetero) is 1. The monoisotopic (exact) mass is 504 g/mol. The number of ether oxygens (including phenoxy) is 2. The zero-order valence-electron chi connectivity index (χ0n) is 20.6. The van der Waals surface area contributed by atoms with Crippen molar-refractivity contribution in [3.05, 3.63) is 23.8 Å². The molecule has 0 amide bonds. The molecule has 7 nitrogen and oxygen atoms in total. The molecule has 8 heteroatoms. The Hall–Kier alpha value is -1.99. The molecule has 0 aromatic heterocycles. The first-order valence-corrected chi connectivity index (χ1v) is 13.0. The summed E-state index contributed by atoms with van der Waals surface area (Å²) in [5, 5.41) is 11.7. The Labute approximate surface area is 210 Å². The summed E-state index contributed by atoms with van der Waals surface area (Å²) in [5.74, 6) is -2.58. The average Bonchev–Trinajstić information content (AvgIpc) is 3.22. The van der Waals surface area contributed by atoms with Crippen LogP contribution < -0.4 is 0 Å². The van der Waals surface area contributed by atoms with Gasteiger partial charge in [-0.15, -0.1) is 11.6 Å². The van der Waals surface area contributed by atoms with E-state index >= 15 is 0 Å². The normalized spacial score (nSPS) is 47.7. The van der Waals surface area contributed by atoms with Crippen LogP contribution in [0.4, 0.5) is 0 Å². The van der Waals surface area contributed by atoms with Crippen molar-refractivity contribution < 1.29 is 33.8 Å². The van der Waals surface area contributed by atoms with Gasteiger partial charge in [-0.05, 0) is 49.7 Å². The maximum atomic E-state index is 13.8. The van der Waals surface area contributed by atoms with Crippen LogP contribution in [0.3, 0.4) is 0 Å². The molecule has 0 aromatic carbocycles. The summed E-state index contributed by atoms with van der Waals surface area (Å²) in [6, 6.07) is 0. The first-order chi connectivity index (χ1) is 16.4. The molecule has 1 saturated heterocycles. The third-order valence-electron chi connectivity index (χ3n) is 10.2. The van der Waals surface area contributed by atoms with Crippen molar-refractivity contribution in [2.24, 2.45) is 34.5 Å². The van der Waals surface area contributed by atoms with Crippen molar-refractivity contribution >= 4 is 35.1 Å². The first-order valence-electron chi connectivity index (χ1n) is 12.6. The van der Waals surface area contributed by atoms with Crippen LogP contribution in [0.15, 0.2) is 23.8 Å². The fourth-order valence-electron chi connectivity index (χ4n) is 8.39. The van der Waals surface area contributed by atoms with Gasteiger partial charge in [0.2, 0.25) is 5.78 Å². The topological polar surface area (TPSA) is 107 Å². The SMILES string of the molecule is CCC(=O)OCC(=O)[C@@]12OC(=O)C(C)[C@H]1C[C@H]1[C@@H]3CCC4=CC(=O)C=C[C@]4(C)[C@@]3(Cl)[C@@H](O)C[C@@]12C. The lowest BCUT2D eigenvalue weighted by Gasteiger charge is -2.63. The number of hydrogen-bond acceptors (Lipinski definition) is 7. The smallest absolute Gasteiger partial charge is 0.310 e. The van der Waals surface area contributed by atoms with E-state index in [4.69, 9.17) is 21.1 Å². The number of alkyl halides is 1. The Kier molecular flexibility index (Phi) is 5.47. The van der Waals surface area contributed by atoms with E-state index in [1.165, 1.54) is 6.08 Å². The fourth-order valence-corrected chi connectivity index (χ4v) is 8.91. The lowest BCUT2D eigenvalue weighted by atomic mass is 9.45. The molecule has 3 saturated carbocycles. The number of aliphatic hydroxyl groups is 1. The number of rotatable bonds is 4. The Morgan fingerprint density at radius 3 is 2.63 bits per heavy atom. The van der Waals surface area contributed by atoms with Crippen molar-refractivity contribution in [3.8, 4) is 0 Å². The summed E-state index contributed by atoms with van der Waals surface area (Å²) in [7, 11) is 0. The molecule has 1 aliphatic heterocycles. The van der Waals surface area contributed by atoms with Gasteiger partial charge in [0.25, 0.3) is 0 Å². The van der Waals surface area contributed by atoms with E-state index in [9.17, 15) is 24.3 Å². The number of aliphatic hydroxyl groups excluding tert-OH is 1. The zero-order chi connectivity index (χ0) is 25.6. The van der Waals surface area contributed by atoms with Gasteiger partial charge >= 0.3 is 11.9 Å². The summed E-state index contributed by atoms with van der Waals surface area (Å²) >= 11 is 7.47. The zero-order valence-corrected chi connectivity index (χ0v) is 21.4. The second kappa shape index (κ2) is 7.75. The maximum Gasteiger partial charge on any atom is 0.310 e. The van der Waals surface area contributed by atoms with Crippen molar-refractivity contribution in [1.29, 1.82) is 0 Å². The van der Waals surface area contributed by atoms with Crippen LogP contribution in [0.25, 0.3) is 0 Å². The number of fused-ring (bicyclic) bond motifs is 7. The third kappa shape index (κ3) is 2.88. The number of allylic oxidation sites excluding steroid dienone is 4. The van der Waals surface area contributed by atoms with Crippen LogP contribution in [0.2, 0.25) is 0 Å². The van der Waals surface area contributed by atoms with Crippen LogP contribution in [-0.4, -0.2) is 51.8 Å². The maximum absolute atomic E-state index is 13.8. The third-order valence-corrected chi connectivity index (χ3v) is 11.1. The van der Waals surface area contributed by atoms with E-state index in [0.29, 0.717) is 19.3 Å². The highest BCUT2D eigenvalue weighted by atomic mass is 35.5. The molecule has 0 bridgehead atoms. The van der Waals surface area contributed by atoms with Gasteiger partial charge in [-0.3, -0.25) is 19.2 Å². The molecule has 0 radical (unpaired) electrons. The molecule has 4 aliphatic carbocycles. The summed E-state index contributed by atoms with van der Waals surface area (Å²) in [6.07, 6.45) is 6.16. The highest BCUT2D eigenvalue weighted by molar-refractivity contribution is 6.26. The van der Waals surface area contributed by atoms with Gasteiger partial charge in [-0.25, -0.2) is 0 Å². The van der Waals surface area contributed by atoms with Gasteiger partial charge < -0.3 is 14.6 Å². The number of carbonyl (C=O) groups is 4. The number of halogens is 1. The molecule has 0 spiro atoms. The van der Waals surface area contributed by atoms with Crippen molar-refractivity contribution in [1.82, 2.24) is 0 Å². The summed E-state index contributed by atoms with van der Waals surface area (Å²) < 4.78 is 11.2. The predicted molar refractivity (Wildman–Crippen MR) is 126 cm³/mol. The Morgan fingerprint density at radius 2 is 1.94 bits per heavy atom. The van der Waals surface area contributed by atoms with Crippen molar-refractivity contribution in [2.75, 3.05) is 6.61 Å². The van der Waals surface area contributed by atoms with Gasteiger partial charge in [-0.1, -0.05) is 39.3 Å². The minimum atomic E-state index is -1.48. The van der Waals surface area contributed by atoms with E-state index in [-0.39, 0.29) is 30.5 Å². The Bertz CT molecular complexity index is 1080. The Morgan fingerprint density at radius 1 is 1.23 bits per heavy atom. The number of hydrogen-bond donors (Lipinski definition) is 1. The number of ketones is 2. The number of esters is 2. The molecule has 35 heavy (non-hydrogen) atoms. The van der Waals surface area contributed by atoms with Crippen LogP contribution in [0, 0.1) is 34.5 Å². The van der Waals surface area contributed by atoms with Crippen LogP contribution in [-0.2, 0) is 28.7 Å². The van der Waals surface area contributed by atoms with Gasteiger partial charge in [0.05, 0.1) is 16.9 Å². The second-order valence-corrected chi connectivity index (χ2v) is 12.1. The summed E-state index contributed by atoms with van der Waals surface area (Å²) in [6.45, 7) is 6.87. The van der Waals surface area contributed by atoms with E-state index in [2.05, 4.69) is 0 Å². The fraction of sp³-hybridized carbons (Fsp3) is 0.704. The molecule has 5 rings (SSSR count). The second-order valence-electron chi connectivity index (χ2n) is 11.5. The minimum absolute atomic E-state index is 0.0753. The molecule has 1 heterocycles. The molecule has 0 aromatic rings. The van der Waals surface area contributed by atoms with Crippen LogP contribution in [0.1, 0.15) is 59.8 Å². The highest BCUT2D eigenvalue weighted by Crippen LogP contribution is 2.73. The molecular formula is C27H33ClO7. The molecule has 190 valence electrons. The Balaban J connectivity index is 1.59. The highest BCUT2D eigenvalue weighted by Gasteiger charge is 2.79. The van der Waals surface area contributed by atoms with Gasteiger partial charge in [0.1, 0.15) is 0 Å². The van der Waals surface area contributed by atoms with E-state index < -0.39 is 63.6 Å². The van der Waals surface area contributed by atoms with Crippen molar-refractivity contribution in [2.45, 2.75) is 76.4 Å². The quantitative estimate of drug-likeness (QED) is 0.462. The summed E-state index contributed by atoms with van der Waals surface area (Å²) in [4.78, 5) is 49.4. The number of carbonyl (C=O) groups excluding carboxylic acids is 4. The van der Waals surface area contributed by atoms with Crippen molar-refractivity contribution in [3.63, 3.8) is 0 Å². The van der Waals surface area contributed by atoms with E-state index in [1.807, 2.05) is 19.9 Å². The van der Waals surface area contributed by atoms with Crippen LogP contribution >= 0.6 is 11.6 Å². The molecule has 1 unspecified atom stereocenters. The van der Waals surface area contributed by atoms with Gasteiger partial charge in [-0.2, -0.15) is 0 Å². The average molecular weight is 505 g/mol. The molecule has 1 N–H and O–H groups in total. The van der Waals surface area contributed by atoms with E-state index in [1.54, 1.807) is 19.9 Å². The minimum Gasteiger partial charge on any atom is -0.457 e. The van der Waals surface area contributed by atoms with Gasteiger partial charge in [0, 0.05) is 23.2 Å². The predicted octanol–water partition coefficient (Wildman–Crippen LogP) is 3.31. The standard InChI is InChI=1S/C27H33ClO7/c1-5-22(32)34-13-21(31)27-18(14(2)23(33)35-27)11-19-17-7-6-15-10-16(29)8-9-24(15,3)26(17,28)20(30)12-25(19,27)4/h8-10,14,17-20,30H,5-7,11-13H2,1-4H3/t14?,17-,18+,19-,20-,24-,25-,26-,27-/m0/s1.